The second-order valence-electron chi connectivity index (χ2n) is 7.79. The van der Waals surface area contributed by atoms with E-state index in [1.807, 2.05) is 12.1 Å². The smallest absolute Gasteiger partial charge is 0.434 e. The maximum Gasteiger partial charge on any atom is 0.434 e. The Morgan fingerprint density at radius 1 is 1.14 bits per heavy atom. The number of hydrogen-bond acceptors (Lipinski definition) is 7. The molecule has 1 aromatic carbocycles. The number of benzene rings is 1. The molecule has 0 spiro atoms. The van der Waals surface area contributed by atoms with Gasteiger partial charge in [-0.25, -0.2) is 14.6 Å². The Morgan fingerprint density at radius 2 is 1.83 bits per heavy atom. The van der Waals surface area contributed by atoms with Gasteiger partial charge in [-0.2, -0.15) is 23.7 Å². The minimum atomic E-state index is -4.95. The lowest BCUT2D eigenvalue weighted by atomic mass is 9.97. The first kappa shape index (κ1) is 26.3. The number of urea groups is 1. The van der Waals surface area contributed by atoms with E-state index >= 15 is 0 Å². The highest BCUT2D eigenvalue weighted by molar-refractivity contribution is 5.94. The van der Waals surface area contributed by atoms with E-state index in [0.717, 1.165) is 0 Å². The summed E-state index contributed by atoms with van der Waals surface area (Å²) in [4.78, 5) is 31.8. The standard InChI is InChI=1S/C24H23F3N6O3/c1-3-17-18(14-29)21(31-20(24(25,26)27)19(17)22(34)36-4-2)32-8-10-33(11-9-32)23(35)30-16-7-5-6-15(12-16)13-28/h5-7,12H,3-4,8-11H2,1-2H3,(H,30,35). The van der Waals surface area contributed by atoms with Crippen LogP contribution in [0.4, 0.5) is 29.5 Å². The Balaban J connectivity index is 1.88. The number of nitriles is 2. The molecule has 1 aromatic heterocycles. The van der Waals surface area contributed by atoms with Crippen LogP contribution in [0, 0.1) is 22.7 Å². The number of esters is 1. The number of pyridine rings is 1. The average Bonchev–Trinajstić information content (AvgIpc) is 2.87. The number of piperazine rings is 1. The molecule has 1 fully saturated rings. The van der Waals surface area contributed by atoms with Crippen molar-refractivity contribution < 1.29 is 27.5 Å². The molecular weight excluding hydrogens is 477 g/mol. The van der Waals surface area contributed by atoms with E-state index in [9.17, 15) is 28.0 Å². The Kier molecular flexibility index (Phi) is 8.00. The van der Waals surface area contributed by atoms with E-state index in [1.54, 1.807) is 25.1 Å². The topological polar surface area (TPSA) is 122 Å². The van der Waals surface area contributed by atoms with Gasteiger partial charge < -0.3 is 19.9 Å². The van der Waals surface area contributed by atoms with Crippen molar-refractivity contribution in [3.8, 4) is 12.1 Å². The summed E-state index contributed by atoms with van der Waals surface area (Å²) in [6.07, 6.45) is -4.96. The third-order valence-electron chi connectivity index (χ3n) is 5.60. The molecule has 0 bridgehead atoms. The van der Waals surface area contributed by atoms with Crippen LogP contribution < -0.4 is 10.2 Å². The molecule has 9 nitrogen and oxygen atoms in total. The lowest BCUT2D eigenvalue weighted by molar-refractivity contribution is -0.141. The molecule has 3 rings (SSSR count). The number of nitrogens with one attached hydrogen (secondary N) is 1. The fraction of sp³-hybridized carbons (Fsp3) is 0.375. The van der Waals surface area contributed by atoms with Gasteiger partial charge >= 0.3 is 18.2 Å². The number of nitrogens with zero attached hydrogens (tertiary/aromatic N) is 5. The van der Waals surface area contributed by atoms with Gasteiger partial charge in [-0.3, -0.25) is 0 Å². The molecule has 12 heteroatoms. The van der Waals surface area contributed by atoms with Crippen LogP contribution in [0.5, 0.6) is 0 Å². The van der Waals surface area contributed by atoms with E-state index in [2.05, 4.69) is 10.3 Å². The second-order valence-corrected chi connectivity index (χ2v) is 7.79. The van der Waals surface area contributed by atoms with Gasteiger partial charge in [0.15, 0.2) is 5.69 Å². The average molecular weight is 500 g/mol. The number of hydrogen-bond donors (Lipinski definition) is 1. The molecule has 0 atom stereocenters. The van der Waals surface area contributed by atoms with E-state index < -0.39 is 29.4 Å². The monoisotopic (exact) mass is 500 g/mol. The number of aromatic nitrogens is 1. The van der Waals surface area contributed by atoms with Crippen LogP contribution in [0.15, 0.2) is 24.3 Å². The van der Waals surface area contributed by atoms with Gasteiger partial charge in [-0.15, -0.1) is 0 Å². The Bertz CT molecular complexity index is 1240. The first-order valence-corrected chi connectivity index (χ1v) is 11.2. The summed E-state index contributed by atoms with van der Waals surface area (Å²) in [7, 11) is 0. The lowest BCUT2D eigenvalue weighted by Crippen LogP contribution is -2.50. The van der Waals surface area contributed by atoms with Crippen molar-refractivity contribution in [2.45, 2.75) is 26.4 Å². The summed E-state index contributed by atoms with van der Waals surface area (Å²) in [6.45, 7) is 3.43. The van der Waals surface area contributed by atoms with Gasteiger partial charge in [0.05, 0.1) is 29.4 Å². The molecule has 1 N–H and O–H groups in total. The van der Waals surface area contributed by atoms with Crippen LogP contribution >= 0.6 is 0 Å². The predicted octanol–water partition coefficient (Wildman–Crippen LogP) is 3.94. The minimum absolute atomic E-state index is 0.0141. The molecule has 1 aliphatic heterocycles. The van der Waals surface area contributed by atoms with Crippen molar-refractivity contribution in [1.82, 2.24) is 9.88 Å². The molecule has 1 saturated heterocycles. The van der Waals surface area contributed by atoms with Gasteiger partial charge in [0.25, 0.3) is 0 Å². The number of rotatable bonds is 5. The van der Waals surface area contributed by atoms with Gasteiger partial charge in [0.2, 0.25) is 0 Å². The number of alkyl halides is 3. The van der Waals surface area contributed by atoms with Crippen molar-refractivity contribution in [3.05, 3.63) is 52.2 Å². The van der Waals surface area contributed by atoms with E-state index in [1.165, 1.54) is 22.8 Å². The highest BCUT2D eigenvalue weighted by atomic mass is 19.4. The zero-order valence-corrected chi connectivity index (χ0v) is 19.6. The molecular formula is C24H23F3N6O3. The fourth-order valence-electron chi connectivity index (χ4n) is 3.94. The maximum absolute atomic E-state index is 13.9. The number of carbonyl (C=O) groups is 2. The number of amides is 2. The molecule has 36 heavy (non-hydrogen) atoms. The van der Waals surface area contributed by atoms with Crippen molar-refractivity contribution >= 4 is 23.5 Å². The zero-order chi connectivity index (χ0) is 26.5. The number of ether oxygens (including phenoxy) is 1. The summed E-state index contributed by atoms with van der Waals surface area (Å²) in [5.74, 6) is -1.37. The summed E-state index contributed by atoms with van der Waals surface area (Å²) in [5, 5.41) is 21.5. The molecule has 2 amide bonds. The van der Waals surface area contributed by atoms with Gasteiger partial charge in [-0.1, -0.05) is 13.0 Å². The molecule has 0 unspecified atom stereocenters. The minimum Gasteiger partial charge on any atom is -0.462 e. The Morgan fingerprint density at radius 3 is 2.39 bits per heavy atom. The Hall–Kier alpha value is -4.32. The molecule has 0 saturated carbocycles. The molecule has 2 aromatic rings. The van der Waals surface area contributed by atoms with Crippen molar-refractivity contribution in [3.63, 3.8) is 0 Å². The van der Waals surface area contributed by atoms with Crippen LogP contribution in [0.25, 0.3) is 0 Å². The van der Waals surface area contributed by atoms with Gasteiger partial charge in [-0.05, 0) is 37.1 Å². The first-order chi connectivity index (χ1) is 17.1. The van der Waals surface area contributed by atoms with E-state index in [-0.39, 0.29) is 56.2 Å². The summed E-state index contributed by atoms with van der Waals surface area (Å²) in [5.41, 5.74) is -1.53. The Labute approximate surface area is 205 Å². The largest absolute Gasteiger partial charge is 0.462 e. The summed E-state index contributed by atoms with van der Waals surface area (Å²) in [6, 6.07) is 9.84. The van der Waals surface area contributed by atoms with Crippen LogP contribution in [0.2, 0.25) is 0 Å². The van der Waals surface area contributed by atoms with Gasteiger partial charge in [0, 0.05) is 31.9 Å². The van der Waals surface area contributed by atoms with Crippen molar-refractivity contribution in [2.75, 3.05) is 43.0 Å². The van der Waals surface area contributed by atoms with Gasteiger partial charge in [0.1, 0.15) is 11.9 Å². The summed E-state index contributed by atoms with van der Waals surface area (Å²) >= 11 is 0. The number of halogens is 3. The van der Waals surface area contributed by atoms with Crippen LogP contribution in [0.3, 0.4) is 0 Å². The first-order valence-electron chi connectivity index (χ1n) is 11.2. The third-order valence-corrected chi connectivity index (χ3v) is 5.60. The molecule has 0 radical (unpaired) electrons. The SMILES string of the molecule is CCOC(=O)c1c(C(F)(F)F)nc(N2CCN(C(=O)Nc3cccc(C#N)c3)CC2)c(C#N)c1CC. The predicted molar refractivity (Wildman–Crippen MR) is 123 cm³/mol. The van der Waals surface area contributed by atoms with E-state index in [4.69, 9.17) is 10.00 Å². The normalized spacial score (nSPS) is 13.5. The molecule has 2 heterocycles. The summed E-state index contributed by atoms with van der Waals surface area (Å²) < 4.78 is 46.6. The molecule has 1 aliphatic rings. The van der Waals surface area contributed by atoms with Crippen molar-refractivity contribution in [1.29, 1.82) is 10.5 Å². The molecule has 188 valence electrons. The number of carbonyl (C=O) groups excluding carboxylic acids is 2. The molecule has 0 aliphatic carbocycles. The van der Waals surface area contributed by atoms with Crippen LogP contribution in [0.1, 0.15) is 46.6 Å². The van der Waals surface area contributed by atoms with Crippen molar-refractivity contribution in [2.24, 2.45) is 0 Å². The van der Waals surface area contributed by atoms with Crippen LogP contribution in [-0.4, -0.2) is 54.7 Å². The van der Waals surface area contributed by atoms with Crippen LogP contribution in [-0.2, 0) is 17.3 Å². The maximum atomic E-state index is 13.9. The lowest BCUT2D eigenvalue weighted by Gasteiger charge is -2.36. The highest BCUT2D eigenvalue weighted by Gasteiger charge is 2.41. The highest BCUT2D eigenvalue weighted by Crippen LogP contribution is 2.37. The zero-order valence-electron chi connectivity index (χ0n) is 19.6. The second kappa shape index (κ2) is 11.0. The fourth-order valence-corrected chi connectivity index (χ4v) is 3.94. The number of anilines is 2. The van der Waals surface area contributed by atoms with E-state index in [0.29, 0.717) is 11.3 Å². The quantitative estimate of drug-likeness (QED) is 0.617. The third kappa shape index (κ3) is 5.49.